The van der Waals surface area contributed by atoms with Crippen LogP contribution in [-0.4, -0.2) is 10.5 Å². The normalized spacial score (nSPS) is 15.4. The maximum atomic E-state index is 12.6. The van der Waals surface area contributed by atoms with Crippen molar-refractivity contribution in [3.8, 4) is 22.3 Å². The highest BCUT2D eigenvalue weighted by atomic mass is 16.1. The molecule has 1 fully saturated rings. The van der Waals surface area contributed by atoms with Crippen LogP contribution in [-0.2, 0) is 6.42 Å². The number of hydrogen-bond acceptors (Lipinski definition) is 1. The third-order valence-electron chi connectivity index (χ3n) is 6.85. The summed E-state index contributed by atoms with van der Waals surface area (Å²) in [4.78, 5) is 12.6. The summed E-state index contributed by atoms with van der Waals surface area (Å²) in [6, 6.07) is 19.4. The Hall–Kier alpha value is -2.81. The van der Waals surface area contributed by atoms with Gasteiger partial charge in [0.2, 0.25) is 0 Å². The lowest BCUT2D eigenvalue weighted by molar-refractivity contribution is 0.1000. The predicted octanol–water partition coefficient (Wildman–Crippen LogP) is 7.08. The van der Waals surface area contributed by atoms with Gasteiger partial charge in [-0.2, -0.15) is 0 Å². The molecule has 0 atom stereocenters. The summed E-state index contributed by atoms with van der Waals surface area (Å²) in [5, 5.41) is 0. The van der Waals surface area contributed by atoms with Gasteiger partial charge < -0.3 is 10.3 Å². The van der Waals surface area contributed by atoms with E-state index in [4.69, 9.17) is 5.73 Å². The maximum absolute atomic E-state index is 12.6. The second-order valence-electron chi connectivity index (χ2n) is 8.81. The molecule has 2 aromatic carbocycles. The van der Waals surface area contributed by atoms with Gasteiger partial charge in [0, 0.05) is 23.0 Å². The zero-order valence-electron chi connectivity index (χ0n) is 18.9. The molecule has 162 valence electrons. The van der Waals surface area contributed by atoms with Gasteiger partial charge in [0.25, 0.3) is 5.91 Å². The number of benzene rings is 2. The number of nitrogens with two attached hydrogens (primary N) is 1. The zero-order chi connectivity index (χ0) is 21.8. The van der Waals surface area contributed by atoms with E-state index < -0.39 is 0 Å². The van der Waals surface area contributed by atoms with Crippen molar-refractivity contribution >= 4 is 5.91 Å². The molecule has 1 heterocycles. The third-order valence-corrected chi connectivity index (χ3v) is 6.85. The van der Waals surface area contributed by atoms with Gasteiger partial charge in [0.05, 0.1) is 5.56 Å². The van der Waals surface area contributed by atoms with Crippen molar-refractivity contribution in [2.75, 3.05) is 0 Å². The fourth-order valence-corrected chi connectivity index (χ4v) is 5.38. The minimum absolute atomic E-state index is 0.320. The number of carbonyl (C=O) groups excluding carboxylic acids is 1. The lowest BCUT2D eigenvalue weighted by Crippen LogP contribution is -2.17. The molecule has 0 unspecified atom stereocenters. The summed E-state index contributed by atoms with van der Waals surface area (Å²) >= 11 is 0. The van der Waals surface area contributed by atoms with Crippen molar-refractivity contribution in [3.63, 3.8) is 0 Å². The summed E-state index contributed by atoms with van der Waals surface area (Å²) in [7, 11) is 0. The first-order chi connectivity index (χ1) is 15.1. The first-order valence-corrected chi connectivity index (χ1v) is 11.8. The fraction of sp³-hybridized carbons (Fsp3) is 0.393. The highest BCUT2D eigenvalue weighted by Gasteiger charge is 2.27. The van der Waals surface area contributed by atoms with E-state index in [2.05, 4.69) is 66.9 Å². The van der Waals surface area contributed by atoms with E-state index in [1.165, 1.54) is 61.8 Å². The van der Waals surface area contributed by atoms with Crippen LogP contribution in [0.5, 0.6) is 0 Å². The largest absolute Gasteiger partial charge is 0.366 e. The van der Waals surface area contributed by atoms with Crippen molar-refractivity contribution < 1.29 is 4.79 Å². The average Bonchev–Trinajstić information content (AvgIpc) is 3.07. The molecule has 4 rings (SSSR count). The van der Waals surface area contributed by atoms with Gasteiger partial charge in [0.15, 0.2) is 0 Å². The molecule has 0 bridgehead atoms. The van der Waals surface area contributed by atoms with Gasteiger partial charge in [-0.05, 0) is 42.9 Å². The number of hydrogen-bond donors (Lipinski definition) is 1. The van der Waals surface area contributed by atoms with E-state index in [0.717, 1.165) is 23.2 Å². The number of rotatable bonds is 5. The van der Waals surface area contributed by atoms with Gasteiger partial charge >= 0.3 is 0 Å². The van der Waals surface area contributed by atoms with E-state index in [9.17, 15) is 4.79 Å². The Morgan fingerprint density at radius 3 is 2.00 bits per heavy atom. The molecule has 31 heavy (non-hydrogen) atoms. The number of primary amides is 1. The average molecular weight is 415 g/mol. The first kappa shape index (κ1) is 21.4. The molecule has 3 nitrogen and oxygen atoms in total. The molecule has 1 aliphatic rings. The Bertz CT molecular complexity index is 1020. The standard InChI is InChI=1S/C28H34N2O/c1-3-25-27(23-18-16-22(17-19-23)21-12-8-7-9-13-21)26(28(29)31)20(2)30(25)24-14-10-5-4-6-11-15-24/h7-9,12-13,16-19,24H,3-6,10-11,14-15H2,1-2H3,(H2,29,31). The van der Waals surface area contributed by atoms with E-state index in [1.807, 2.05) is 6.07 Å². The summed E-state index contributed by atoms with van der Waals surface area (Å²) in [6.45, 7) is 4.28. The molecule has 3 aromatic rings. The van der Waals surface area contributed by atoms with Crippen molar-refractivity contribution in [2.24, 2.45) is 5.73 Å². The van der Waals surface area contributed by atoms with E-state index in [1.54, 1.807) is 0 Å². The van der Waals surface area contributed by atoms with Gasteiger partial charge in [-0.25, -0.2) is 0 Å². The molecule has 1 aliphatic carbocycles. The fourth-order valence-electron chi connectivity index (χ4n) is 5.38. The molecular weight excluding hydrogens is 380 g/mol. The summed E-state index contributed by atoms with van der Waals surface area (Å²) in [6.07, 6.45) is 9.77. The van der Waals surface area contributed by atoms with Crippen LogP contribution in [0.1, 0.15) is 79.7 Å². The Morgan fingerprint density at radius 2 is 1.42 bits per heavy atom. The molecule has 0 spiro atoms. The highest BCUT2D eigenvalue weighted by Crippen LogP contribution is 2.39. The number of carbonyl (C=O) groups is 1. The van der Waals surface area contributed by atoms with E-state index in [-0.39, 0.29) is 5.91 Å². The number of amides is 1. The Labute approximate surface area is 186 Å². The first-order valence-electron chi connectivity index (χ1n) is 11.8. The van der Waals surface area contributed by atoms with Crippen LogP contribution in [0.4, 0.5) is 0 Å². The SMILES string of the molecule is CCc1c(-c2ccc(-c3ccccc3)cc2)c(C(N)=O)c(C)n1C1CCCCCCC1. The van der Waals surface area contributed by atoms with Crippen LogP contribution in [0, 0.1) is 6.92 Å². The van der Waals surface area contributed by atoms with Crippen molar-refractivity contribution in [3.05, 3.63) is 71.5 Å². The minimum atomic E-state index is -0.320. The Balaban J connectivity index is 1.80. The van der Waals surface area contributed by atoms with E-state index >= 15 is 0 Å². The maximum Gasteiger partial charge on any atom is 0.251 e. The molecular formula is C28H34N2O. The van der Waals surface area contributed by atoms with Crippen LogP contribution in [0.25, 0.3) is 22.3 Å². The van der Waals surface area contributed by atoms with Gasteiger partial charge in [-0.1, -0.05) is 93.6 Å². The topological polar surface area (TPSA) is 48.0 Å². The van der Waals surface area contributed by atoms with Crippen LogP contribution in [0.3, 0.4) is 0 Å². The molecule has 3 heteroatoms. The van der Waals surface area contributed by atoms with Crippen LogP contribution < -0.4 is 5.73 Å². The van der Waals surface area contributed by atoms with Crippen LogP contribution in [0.15, 0.2) is 54.6 Å². The molecule has 1 aromatic heterocycles. The van der Waals surface area contributed by atoms with Gasteiger partial charge in [0.1, 0.15) is 0 Å². The Kier molecular flexibility index (Phi) is 6.60. The van der Waals surface area contributed by atoms with E-state index in [0.29, 0.717) is 11.6 Å². The van der Waals surface area contributed by atoms with Gasteiger partial charge in [-0.3, -0.25) is 4.79 Å². The number of nitrogens with zero attached hydrogens (tertiary/aromatic N) is 1. The number of aromatic nitrogens is 1. The highest BCUT2D eigenvalue weighted by molar-refractivity contribution is 6.02. The van der Waals surface area contributed by atoms with Crippen LogP contribution >= 0.6 is 0 Å². The molecule has 0 radical (unpaired) electrons. The summed E-state index contributed by atoms with van der Waals surface area (Å²) in [5.41, 5.74) is 13.4. The van der Waals surface area contributed by atoms with Crippen LogP contribution in [0.2, 0.25) is 0 Å². The molecule has 2 N–H and O–H groups in total. The molecule has 1 amide bonds. The van der Waals surface area contributed by atoms with Gasteiger partial charge in [-0.15, -0.1) is 0 Å². The zero-order valence-corrected chi connectivity index (χ0v) is 18.9. The second-order valence-corrected chi connectivity index (χ2v) is 8.81. The molecule has 0 saturated heterocycles. The Morgan fingerprint density at radius 1 is 0.871 bits per heavy atom. The van der Waals surface area contributed by atoms with Crippen molar-refractivity contribution in [2.45, 2.75) is 71.3 Å². The molecule has 0 aliphatic heterocycles. The monoisotopic (exact) mass is 414 g/mol. The van der Waals surface area contributed by atoms with Crippen molar-refractivity contribution in [1.82, 2.24) is 4.57 Å². The lowest BCUT2D eigenvalue weighted by Gasteiger charge is -2.25. The quantitative estimate of drug-likeness (QED) is 0.476. The summed E-state index contributed by atoms with van der Waals surface area (Å²) in [5.74, 6) is -0.320. The summed E-state index contributed by atoms with van der Waals surface area (Å²) < 4.78 is 2.46. The third kappa shape index (κ3) is 4.32. The minimum Gasteiger partial charge on any atom is -0.366 e. The predicted molar refractivity (Wildman–Crippen MR) is 129 cm³/mol. The lowest BCUT2D eigenvalue weighted by atomic mass is 9.95. The van der Waals surface area contributed by atoms with Crippen molar-refractivity contribution in [1.29, 1.82) is 0 Å². The second kappa shape index (κ2) is 9.55. The molecule has 1 saturated carbocycles. The smallest absolute Gasteiger partial charge is 0.251 e.